The van der Waals surface area contributed by atoms with Crippen molar-refractivity contribution in [1.29, 1.82) is 0 Å². The molecule has 2 aromatic heterocycles. The zero-order valence-corrected chi connectivity index (χ0v) is 11.4. The van der Waals surface area contributed by atoms with Crippen LogP contribution in [0.4, 0.5) is 11.5 Å². The lowest BCUT2D eigenvalue weighted by atomic mass is 10.2. The molecule has 0 saturated heterocycles. The van der Waals surface area contributed by atoms with Crippen molar-refractivity contribution in [2.45, 2.75) is 6.92 Å². The molecule has 0 aliphatic carbocycles. The number of aromatic nitrogens is 5. The second-order valence-electron chi connectivity index (χ2n) is 4.86. The van der Waals surface area contributed by atoms with Crippen molar-refractivity contribution in [1.82, 2.24) is 25.0 Å². The van der Waals surface area contributed by atoms with Gasteiger partial charge in [0, 0.05) is 5.69 Å². The van der Waals surface area contributed by atoms with Crippen molar-refractivity contribution >= 4 is 28.2 Å². The summed E-state index contributed by atoms with van der Waals surface area (Å²) in [6, 6.07) is 15.9. The first-order valence-corrected chi connectivity index (χ1v) is 6.62. The van der Waals surface area contributed by atoms with Gasteiger partial charge in [-0.1, -0.05) is 24.3 Å². The first-order valence-electron chi connectivity index (χ1n) is 6.62. The van der Waals surface area contributed by atoms with Crippen molar-refractivity contribution in [2.24, 2.45) is 0 Å². The molecule has 0 spiro atoms. The number of benzene rings is 2. The number of hydrogen-bond donors (Lipinski definition) is 1. The van der Waals surface area contributed by atoms with E-state index in [1.54, 1.807) is 4.52 Å². The van der Waals surface area contributed by atoms with Crippen LogP contribution in [0.25, 0.3) is 16.7 Å². The van der Waals surface area contributed by atoms with Crippen LogP contribution in [0.1, 0.15) is 5.56 Å². The number of hydrogen-bond acceptors (Lipinski definition) is 5. The molecule has 0 radical (unpaired) electrons. The fourth-order valence-electron chi connectivity index (χ4n) is 2.31. The maximum absolute atomic E-state index is 4.64. The van der Waals surface area contributed by atoms with Crippen molar-refractivity contribution in [3.63, 3.8) is 0 Å². The standard InChI is InChI=1S/C15H12N6/c1-10-7-8-12-13(9-10)21-15(18-19-20-21)14(17-12)16-11-5-3-2-4-6-11/h2-9H,1H3,(H,16,17). The highest BCUT2D eigenvalue weighted by Crippen LogP contribution is 2.22. The van der Waals surface area contributed by atoms with Crippen LogP contribution in [-0.2, 0) is 0 Å². The fourth-order valence-corrected chi connectivity index (χ4v) is 2.31. The van der Waals surface area contributed by atoms with E-state index in [1.165, 1.54) is 0 Å². The topological polar surface area (TPSA) is 68.0 Å². The molecule has 0 fully saturated rings. The second-order valence-corrected chi connectivity index (χ2v) is 4.86. The van der Waals surface area contributed by atoms with E-state index < -0.39 is 0 Å². The van der Waals surface area contributed by atoms with Gasteiger partial charge in [-0.15, -0.1) is 5.10 Å². The summed E-state index contributed by atoms with van der Waals surface area (Å²) < 4.78 is 1.71. The molecule has 2 heterocycles. The Kier molecular flexibility index (Phi) is 2.53. The summed E-state index contributed by atoms with van der Waals surface area (Å²) >= 11 is 0. The molecule has 0 saturated carbocycles. The van der Waals surface area contributed by atoms with Gasteiger partial charge in [0.2, 0.25) is 5.65 Å². The number of fused-ring (bicyclic) bond motifs is 3. The highest BCUT2D eigenvalue weighted by Gasteiger charge is 2.11. The van der Waals surface area contributed by atoms with E-state index in [4.69, 9.17) is 0 Å². The van der Waals surface area contributed by atoms with Crippen LogP contribution in [0.2, 0.25) is 0 Å². The van der Waals surface area contributed by atoms with Crippen molar-refractivity contribution in [3.05, 3.63) is 54.1 Å². The molecule has 6 heteroatoms. The zero-order valence-electron chi connectivity index (χ0n) is 11.4. The lowest BCUT2D eigenvalue weighted by molar-refractivity contribution is 0.840. The van der Waals surface area contributed by atoms with Crippen molar-refractivity contribution in [3.8, 4) is 0 Å². The van der Waals surface area contributed by atoms with Crippen LogP contribution < -0.4 is 5.32 Å². The number of nitrogens with one attached hydrogen (secondary N) is 1. The van der Waals surface area contributed by atoms with Gasteiger partial charge in [-0.2, -0.15) is 4.52 Å². The van der Waals surface area contributed by atoms with Crippen LogP contribution in [0, 0.1) is 6.92 Å². The first kappa shape index (κ1) is 11.8. The third-order valence-corrected chi connectivity index (χ3v) is 3.31. The summed E-state index contributed by atoms with van der Waals surface area (Å²) in [6.45, 7) is 2.03. The molecular formula is C15H12N6. The van der Waals surface area contributed by atoms with E-state index in [2.05, 4.69) is 25.8 Å². The first-order chi connectivity index (χ1) is 10.3. The van der Waals surface area contributed by atoms with E-state index in [0.717, 1.165) is 22.3 Å². The van der Waals surface area contributed by atoms with Gasteiger partial charge in [-0.05, 0) is 47.2 Å². The summed E-state index contributed by atoms with van der Waals surface area (Å²) in [5, 5.41) is 15.2. The summed E-state index contributed by atoms with van der Waals surface area (Å²) in [5.41, 5.74) is 4.44. The fraction of sp³-hybridized carbons (Fsp3) is 0.0667. The number of rotatable bonds is 2. The maximum Gasteiger partial charge on any atom is 0.222 e. The molecule has 0 unspecified atom stereocenters. The van der Waals surface area contributed by atoms with Gasteiger partial charge in [-0.25, -0.2) is 4.98 Å². The molecule has 0 bridgehead atoms. The molecule has 102 valence electrons. The maximum atomic E-state index is 4.64. The number of anilines is 2. The van der Waals surface area contributed by atoms with Gasteiger partial charge in [0.05, 0.1) is 11.0 Å². The summed E-state index contributed by atoms with van der Waals surface area (Å²) in [4.78, 5) is 4.64. The van der Waals surface area contributed by atoms with Gasteiger partial charge in [0.1, 0.15) is 0 Å². The smallest absolute Gasteiger partial charge is 0.222 e. The average molecular weight is 276 g/mol. The van der Waals surface area contributed by atoms with Gasteiger partial charge < -0.3 is 5.32 Å². The molecule has 4 rings (SSSR count). The molecule has 6 nitrogen and oxygen atoms in total. The lowest BCUT2D eigenvalue weighted by Crippen LogP contribution is -2.01. The molecule has 0 aliphatic heterocycles. The second kappa shape index (κ2) is 4.52. The SMILES string of the molecule is Cc1ccc2nc(Nc3ccccc3)c3nnnn3c2c1. The van der Waals surface area contributed by atoms with Crippen molar-refractivity contribution in [2.75, 3.05) is 5.32 Å². The van der Waals surface area contributed by atoms with Crippen LogP contribution in [-0.4, -0.2) is 25.0 Å². The monoisotopic (exact) mass is 276 g/mol. The van der Waals surface area contributed by atoms with Gasteiger partial charge >= 0.3 is 0 Å². The van der Waals surface area contributed by atoms with Crippen LogP contribution in [0.5, 0.6) is 0 Å². The van der Waals surface area contributed by atoms with E-state index >= 15 is 0 Å². The van der Waals surface area contributed by atoms with E-state index in [1.807, 2.05) is 55.5 Å². The molecule has 2 aromatic carbocycles. The van der Waals surface area contributed by atoms with E-state index in [9.17, 15) is 0 Å². The number of para-hydroxylation sites is 1. The normalized spacial score (nSPS) is 11.1. The Labute approximate surface area is 120 Å². The van der Waals surface area contributed by atoms with Crippen molar-refractivity contribution < 1.29 is 0 Å². The van der Waals surface area contributed by atoms with Gasteiger partial charge in [0.15, 0.2) is 5.82 Å². The largest absolute Gasteiger partial charge is 0.337 e. The average Bonchev–Trinajstić information content (AvgIpc) is 2.99. The van der Waals surface area contributed by atoms with E-state index in [-0.39, 0.29) is 0 Å². The van der Waals surface area contributed by atoms with Crippen LogP contribution >= 0.6 is 0 Å². The number of tetrazole rings is 1. The minimum absolute atomic E-state index is 0.608. The Morgan fingerprint density at radius 3 is 2.76 bits per heavy atom. The summed E-state index contributed by atoms with van der Waals surface area (Å²) in [7, 11) is 0. The quantitative estimate of drug-likeness (QED) is 0.609. The third kappa shape index (κ3) is 1.97. The molecule has 0 atom stereocenters. The summed E-state index contributed by atoms with van der Waals surface area (Å²) in [5.74, 6) is 0.641. The van der Waals surface area contributed by atoms with Gasteiger partial charge in [-0.3, -0.25) is 0 Å². The van der Waals surface area contributed by atoms with Crippen LogP contribution in [0.15, 0.2) is 48.5 Å². The number of aryl methyl sites for hydroxylation is 1. The Balaban J connectivity index is 1.95. The predicted octanol–water partition coefficient (Wildman–Crippen LogP) is 2.72. The Bertz CT molecular complexity index is 929. The Morgan fingerprint density at radius 1 is 1.05 bits per heavy atom. The zero-order chi connectivity index (χ0) is 14.2. The lowest BCUT2D eigenvalue weighted by Gasteiger charge is -2.08. The minimum Gasteiger partial charge on any atom is -0.337 e. The molecule has 1 N–H and O–H groups in total. The molecule has 0 aliphatic rings. The molecule has 0 amide bonds. The highest BCUT2D eigenvalue weighted by atomic mass is 15.5. The van der Waals surface area contributed by atoms with E-state index in [0.29, 0.717) is 11.5 Å². The highest BCUT2D eigenvalue weighted by molar-refractivity contribution is 5.83. The third-order valence-electron chi connectivity index (χ3n) is 3.31. The molecular weight excluding hydrogens is 264 g/mol. The predicted molar refractivity (Wildman–Crippen MR) is 80.5 cm³/mol. The molecule has 21 heavy (non-hydrogen) atoms. The summed E-state index contributed by atoms with van der Waals surface area (Å²) in [6.07, 6.45) is 0. The number of nitrogens with zero attached hydrogens (tertiary/aromatic N) is 5. The van der Waals surface area contributed by atoms with Crippen LogP contribution in [0.3, 0.4) is 0 Å². The molecule has 4 aromatic rings. The Morgan fingerprint density at radius 2 is 1.90 bits per heavy atom. The van der Waals surface area contributed by atoms with Gasteiger partial charge in [0.25, 0.3) is 0 Å². The Hall–Kier alpha value is -3.02. The minimum atomic E-state index is 0.608.